The van der Waals surface area contributed by atoms with Crippen LogP contribution in [0.4, 0.5) is 0 Å². The molecule has 1 fully saturated rings. The van der Waals surface area contributed by atoms with E-state index in [0.29, 0.717) is 18.6 Å². The van der Waals surface area contributed by atoms with Gasteiger partial charge in [0, 0.05) is 24.7 Å². The predicted octanol–water partition coefficient (Wildman–Crippen LogP) is 2.03. The Morgan fingerprint density at radius 3 is 2.52 bits per heavy atom. The van der Waals surface area contributed by atoms with Crippen LogP contribution >= 0.6 is 0 Å². The summed E-state index contributed by atoms with van der Waals surface area (Å²) in [5.74, 6) is 0. The second-order valence-electron chi connectivity index (χ2n) is 5.41. The summed E-state index contributed by atoms with van der Waals surface area (Å²) in [5.41, 5.74) is 0.520. The Hall–Kier alpha value is -1.50. The third kappa shape index (κ3) is 2.66. The molecule has 2 atom stereocenters. The molecule has 0 N–H and O–H groups in total. The minimum absolute atomic E-state index is 0.105. The van der Waals surface area contributed by atoms with Crippen LogP contribution in [0.1, 0.15) is 13.8 Å². The molecule has 1 aromatic heterocycles. The molecular weight excluding hydrogens is 288 g/mol. The Bertz CT molecular complexity index is 745. The summed E-state index contributed by atoms with van der Waals surface area (Å²) in [6.45, 7) is 4.52. The number of rotatable bonds is 2. The van der Waals surface area contributed by atoms with E-state index >= 15 is 0 Å². The lowest BCUT2D eigenvalue weighted by molar-refractivity contribution is -0.0440. The van der Waals surface area contributed by atoms with Crippen molar-refractivity contribution in [3.63, 3.8) is 0 Å². The summed E-state index contributed by atoms with van der Waals surface area (Å²) < 4.78 is 33.0. The lowest BCUT2D eigenvalue weighted by Gasteiger charge is -2.34. The molecule has 0 radical (unpaired) electrons. The zero-order chi connectivity index (χ0) is 15.0. The molecule has 1 saturated heterocycles. The van der Waals surface area contributed by atoms with Crippen LogP contribution in [-0.2, 0) is 14.8 Å². The fourth-order valence-electron chi connectivity index (χ4n) is 2.75. The van der Waals surface area contributed by atoms with E-state index in [1.54, 1.807) is 24.4 Å². The van der Waals surface area contributed by atoms with Gasteiger partial charge in [-0.05, 0) is 26.0 Å². The van der Waals surface area contributed by atoms with Crippen molar-refractivity contribution in [2.75, 3.05) is 13.1 Å². The van der Waals surface area contributed by atoms with Crippen LogP contribution in [0.15, 0.2) is 41.4 Å². The van der Waals surface area contributed by atoms with Crippen molar-refractivity contribution in [2.24, 2.45) is 0 Å². The first-order valence-electron chi connectivity index (χ1n) is 6.98. The largest absolute Gasteiger partial charge is 0.373 e. The third-order valence-corrected chi connectivity index (χ3v) is 5.46. The van der Waals surface area contributed by atoms with E-state index in [4.69, 9.17) is 4.74 Å². The highest BCUT2D eigenvalue weighted by Gasteiger charge is 2.33. The summed E-state index contributed by atoms with van der Waals surface area (Å²) in [5, 5.41) is 0.827. The number of ether oxygens (including phenoxy) is 1. The molecule has 2 aromatic rings. The monoisotopic (exact) mass is 306 g/mol. The number of hydrogen-bond donors (Lipinski definition) is 0. The summed E-state index contributed by atoms with van der Waals surface area (Å²) in [7, 11) is -3.56. The number of benzene rings is 1. The Balaban J connectivity index is 2.08. The van der Waals surface area contributed by atoms with Gasteiger partial charge in [-0.3, -0.25) is 4.98 Å². The van der Waals surface area contributed by atoms with Gasteiger partial charge >= 0.3 is 0 Å². The van der Waals surface area contributed by atoms with Crippen LogP contribution < -0.4 is 0 Å². The summed E-state index contributed by atoms with van der Waals surface area (Å²) in [6.07, 6.45) is 1.41. The normalized spacial score (nSPS) is 24.3. The first kappa shape index (κ1) is 14.4. The Morgan fingerprint density at radius 1 is 1.14 bits per heavy atom. The number of aromatic nitrogens is 1. The second-order valence-corrected chi connectivity index (χ2v) is 7.32. The van der Waals surface area contributed by atoms with Gasteiger partial charge in [0.2, 0.25) is 10.0 Å². The lowest BCUT2D eigenvalue weighted by Crippen LogP contribution is -2.48. The van der Waals surface area contributed by atoms with Gasteiger partial charge in [0.15, 0.2) is 0 Å². The SMILES string of the molecule is CC1CN(S(=O)(=O)c2cccc3cccnc23)CC(C)O1. The average Bonchev–Trinajstić information content (AvgIpc) is 2.45. The van der Waals surface area contributed by atoms with Crippen molar-refractivity contribution < 1.29 is 13.2 Å². The Kier molecular flexibility index (Phi) is 3.69. The molecule has 5 nitrogen and oxygen atoms in total. The van der Waals surface area contributed by atoms with Crippen molar-refractivity contribution in [3.05, 3.63) is 36.5 Å². The molecule has 0 spiro atoms. The number of morpholine rings is 1. The van der Waals surface area contributed by atoms with Crippen LogP contribution in [0.3, 0.4) is 0 Å². The van der Waals surface area contributed by atoms with Gasteiger partial charge in [-0.1, -0.05) is 18.2 Å². The van der Waals surface area contributed by atoms with Crippen molar-refractivity contribution in [1.82, 2.24) is 9.29 Å². The highest BCUT2D eigenvalue weighted by molar-refractivity contribution is 7.89. The van der Waals surface area contributed by atoms with E-state index < -0.39 is 10.0 Å². The molecule has 0 bridgehead atoms. The number of hydrogen-bond acceptors (Lipinski definition) is 4. The molecule has 2 unspecified atom stereocenters. The molecule has 21 heavy (non-hydrogen) atoms. The molecule has 0 amide bonds. The van der Waals surface area contributed by atoms with E-state index in [1.807, 2.05) is 26.0 Å². The predicted molar refractivity (Wildman–Crippen MR) is 80.5 cm³/mol. The second kappa shape index (κ2) is 5.36. The van der Waals surface area contributed by atoms with Gasteiger partial charge in [-0.15, -0.1) is 0 Å². The maximum absolute atomic E-state index is 12.9. The number of pyridine rings is 1. The lowest BCUT2D eigenvalue weighted by atomic mass is 10.2. The molecule has 0 saturated carbocycles. The number of sulfonamides is 1. The van der Waals surface area contributed by atoms with Gasteiger partial charge in [-0.2, -0.15) is 4.31 Å². The van der Waals surface area contributed by atoms with Crippen molar-refractivity contribution in [3.8, 4) is 0 Å². The Labute approximate surface area is 124 Å². The molecule has 0 aliphatic carbocycles. The fourth-order valence-corrected chi connectivity index (χ4v) is 4.51. The Morgan fingerprint density at radius 2 is 1.81 bits per heavy atom. The third-order valence-electron chi connectivity index (χ3n) is 3.60. The van der Waals surface area contributed by atoms with Gasteiger partial charge in [-0.25, -0.2) is 8.42 Å². The standard InChI is InChI=1S/C15H18N2O3S/c1-11-9-17(10-12(2)20-11)21(18,19)14-7-3-5-13-6-4-8-16-15(13)14/h3-8,11-12H,9-10H2,1-2H3. The highest BCUT2D eigenvalue weighted by Crippen LogP contribution is 2.26. The maximum atomic E-state index is 12.9. The van der Waals surface area contributed by atoms with E-state index in [0.717, 1.165) is 5.39 Å². The molecule has 1 aromatic carbocycles. The van der Waals surface area contributed by atoms with E-state index in [1.165, 1.54) is 4.31 Å². The van der Waals surface area contributed by atoms with Crippen LogP contribution in [0, 0.1) is 0 Å². The van der Waals surface area contributed by atoms with Crippen LogP contribution in [0.25, 0.3) is 10.9 Å². The van der Waals surface area contributed by atoms with Crippen LogP contribution in [0.2, 0.25) is 0 Å². The maximum Gasteiger partial charge on any atom is 0.245 e. The molecule has 1 aliphatic rings. The number of fused-ring (bicyclic) bond motifs is 1. The summed E-state index contributed by atoms with van der Waals surface area (Å²) in [4.78, 5) is 4.51. The van der Waals surface area contributed by atoms with Gasteiger partial charge in [0.1, 0.15) is 4.90 Å². The summed E-state index contributed by atoms with van der Waals surface area (Å²) >= 11 is 0. The van der Waals surface area contributed by atoms with Crippen molar-refractivity contribution in [1.29, 1.82) is 0 Å². The molecule has 1 aliphatic heterocycles. The van der Waals surface area contributed by atoms with Gasteiger partial charge in [0.25, 0.3) is 0 Å². The zero-order valence-electron chi connectivity index (χ0n) is 12.1. The van der Waals surface area contributed by atoms with E-state index in [-0.39, 0.29) is 17.1 Å². The fraction of sp³-hybridized carbons (Fsp3) is 0.400. The molecule has 3 rings (SSSR count). The van der Waals surface area contributed by atoms with Crippen molar-refractivity contribution >= 4 is 20.9 Å². The molecular formula is C15H18N2O3S. The summed E-state index contributed by atoms with van der Waals surface area (Å²) in [6, 6.07) is 8.91. The quantitative estimate of drug-likeness (QED) is 0.852. The van der Waals surface area contributed by atoms with Gasteiger partial charge in [0.05, 0.1) is 17.7 Å². The van der Waals surface area contributed by atoms with E-state index in [9.17, 15) is 8.42 Å². The van der Waals surface area contributed by atoms with Crippen molar-refractivity contribution in [2.45, 2.75) is 31.0 Å². The van der Waals surface area contributed by atoms with E-state index in [2.05, 4.69) is 4.98 Å². The average molecular weight is 306 g/mol. The number of para-hydroxylation sites is 1. The number of nitrogens with zero attached hydrogens (tertiary/aromatic N) is 2. The molecule has 2 heterocycles. The first-order valence-corrected chi connectivity index (χ1v) is 8.42. The topological polar surface area (TPSA) is 59.5 Å². The minimum atomic E-state index is -3.56. The minimum Gasteiger partial charge on any atom is -0.373 e. The molecule has 6 heteroatoms. The van der Waals surface area contributed by atoms with Crippen LogP contribution in [-0.4, -0.2) is 43.0 Å². The first-order chi connectivity index (χ1) is 9.98. The van der Waals surface area contributed by atoms with Crippen LogP contribution in [0.5, 0.6) is 0 Å². The zero-order valence-corrected chi connectivity index (χ0v) is 12.9. The molecule has 112 valence electrons. The smallest absolute Gasteiger partial charge is 0.245 e. The van der Waals surface area contributed by atoms with Gasteiger partial charge < -0.3 is 4.74 Å². The highest BCUT2D eigenvalue weighted by atomic mass is 32.2.